The molecule has 96 valence electrons. The molecule has 0 aromatic carbocycles. The van der Waals surface area contributed by atoms with Gasteiger partial charge in [0.05, 0.1) is 0 Å². The zero-order valence-corrected chi connectivity index (χ0v) is 12.5. The third kappa shape index (κ3) is 5.04. The number of aryl methyl sites for hydroxylation is 1. The number of halogens is 1. The molecule has 17 heavy (non-hydrogen) atoms. The molecule has 3 nitrogen and oxygen atoms in total. The number of anilines is 1. The van der Waals surface area contributed by atoms with Gasteiger partial charge in [-0.15, -0.1) is 0 Å². The molecular weight excluding hydrogens is 278 g/mol. The van der Waals surface area contributed by atoms with Crippen molar-refractivity contribution in [1.82, 2.24) is 4.98 Å². The first-order valence-electron chi connectivity index (χ1n) is 6.01. The van der Waals surface area contributed by atoms with Crippen molar-refractivity contribution in [3.05, 3.63) is 22.3 Å². The third-order valence-corrected chi connectivity index (χ3v) is 3.68. The first kappa shape index (κ1) is 14.5. The van der Waals surface area contributed by atoms with Gasteiger partial charge in [0.2, 0.25) is 0 Å². The Kier molecular flexibility index (Phi) is 5.40. The van der Waals surface area contributed by atoms with E-state index < -0.39 is 0 Å². The highest BCUT2D eigenvalue weighted by atomic mass is 79.9. The minimum absolute atomic E-state index is 0.252. The van der Waals surface area contributed by atoms with Gasteiger partial charge in [-0.3, -0.25) is 0 Å². The highest BCUT2D eigenvalue weighted by Crippen LogP contribution is 2.23. The topological polar surface area (TPSA) is 50.9 Å². The molecule has 0 fully saturated rings. The Labute approximate surface area is 112 Å². The molecule has 3 N–H and O–H groups in total. The molecule has 0 saturated heterocycles. The SMILES string of the molecule is Cc1cc(NCC(C)(C)CCCN)ncc1Br. The van der Waals surface area contributed by atoms with Crippen LogP contribution in [0.3, 0.4) is 0 Å². The fourth-order valence-electron chi connectivity index (χ4n) is 1.63. The first-order valence-corrected chi connectivity index (χ1v) is 6.80. The normalized spacial score (nSPS) is 11.6. The summed E-state index contributed by atoms with van der Waals surface area (Å²) < 4.78 is 1.05. The van der Waals surface area contributed by atoms with E-state index in [0.29, 0.717) is 0 Å². The minimum Gasteiger partial charge on any atom is -0.370 e. The van der Waals surface area contributed by atoms with Crippen LogP contribution in [0.1, 0.15) is 32.3 Å². The first-order chi connectivity index (χ1) is 7.94. The van der Waals surface area contributed by atoms with Gasteiger partial charge >= 0.3 is 0 Å². The van der Waals surface area contributed by atoms with Gasteiger partial charge in [-0.05, 0) is 59.3 Å². The van der Waals surface area contributed by atoms with E-state index in [1.54, 1.807) is 0 Å². The third-order valence-electron chi connectivity index (χ3n) is 2.85. The minimum atomic E-state index is 0.252. The van der Waals surface area contributed by atoms with Crippen molar-refractivity contribution in [2.75, 3.05) is 18.4 Å². The molecule has 0 unspecified atom stereocenters. The van der Waals surface area contributed by atoms with E-state index in [2.05, 4.69) is 53.1 Å². The number of nitrogens with zero attached hydrogens (tertiary/aromatic N) is 1. The molecule has 1 heterocycles. The molecule has 1 aromatic rings. The molecule has 0 aliphatic heterocycles. The van der Waals surface area contributed by atoms with Crippen molar-refractivity contribution < 1.29 is 0 Å². The summed E-state index contributed by atoms with van der Waals surface area (Å²) in [6.45, 7) is 8.25. The zero-order valence-electron chi connectivity index (χ0n) is 10.9. The molecule has 0 atom stereocenters. The molecule has 0 spiro atoms. The number of pyridine rings is 1. The van der Waals surface area contributed by atoms with E-state index in [1.165, 1.54) is 5.56 Å². The van der Waals surface area contributed by atoms with Crippen LogP contribution < -0.4 is 11.1 Å². The van der Waals surface area contributed by atoms with Gasteiger partial charge in [-0.2, -0.15) is 0 Å². The Hall–Kier alpha value is -0.610. The van der Waals surface area contributed by atoms with Crippen molar-refractivity contribution in [3.8, 4) is 0 Å². The second-order valence-electron chi connectivity index (χ2n) is 5.23. The van der Waals surface area contributed by atoms with Gasteiger partial charge in [-0.1, -0.05) is 13.8 Å². The number of aromatic nitrogens is 1. The smallest absolute Gasteiger partial charge is 0.126 e. The standard InChI is InChI=1S/C13H22BrN3/c1-10-7-12(16-8-11(10)14)17-9-13(2,3)5-4-6-15/h7-8H,4-6,9,15H2,1-3H3,(H,16,17). The molecule has 4 heteroatoms. The number of hydrogen-bond acceptors (Lipinski definition) is 3. The molecular formula is C13H22BrN3. The molecule has 0 aliphatic carbocycles. The van der Waals surface area contributed by atoms with Crippen molar-refractivity contribution >= 4 is 21.7 Å². The summed E-state index contributed by atoms with van der Waals surface area (Å²) in [6.07, 6.45) is 4.04. The van der Waals surface area contributed by atoms with Crippen LogP contribution in [0.15, 0.2) is 16.7 Å². The summed E-state index contributed by atoms with van der Waals surface area (Å²) in [5.74, 6) is 0.937. The van der Waals surface area contributed by atoms with Crippen LogP contribution >= 0.6 is 15.9 Å². The van der Waals surface area contributed by atoms with Gasteiger partial charge in [0.25, 0.3) is 0 Å². The van der Waals surface area contributed by atoms with Crippen LogP contribution in [0, 0.1) is 12.3 Å². The second kappa shape index (κ2) is 6.36. The zero-order chi connectivity index (χ0) is 12.9. The Morgan fingerprint density at radius 2 is 2.18 bits per heavy atom. The highest BCUT2D eigenvalue weighted by Gasteiger charge is 2.16. The fraction of sp³-hybridized carbons (Fsp3) is 0.615. The van der Waals surface area contributed by atoms with Crippen molar-refractivity contribution in [1.29, 1.82) is 0 Å². The summed E-state index contributed by atoms with van der Waals surface area (Å²) in [6, 6.07) is 2.06. The maximum absolute atomic E-state index is 5.54. The van der Waals surface area contributed by atoms with Crippen LogP contribution in [0.4, 0.5) is 5.82 Å². The lowest BCUT2D eigenvalue weighted by atomic mass is 9.88. The van der Waals surface area contributed by atoms with E-state index in [1.807, 2.05) is 6.20 Å². The maximum atomic E-state index is 5.54. The average molecular weight is 300 g/mol. The Morgan fingerprint density at radius 1 is 1.47 bits per heavy atom. The molecule has 1 rings (SSSR count). The summed E-state index contributed by atoms with van der Waals surface area (Å²) in [4.78, 5) is 4.34. The van der Waals surface area contributed by atoms with Gasteiger partial charge < -0.3 is 11.1 Å². The number of hydrogen-bond donors (Lipinski definition) is 2. The van der Waals surface area contributed by atoms with E-state index in [0.717, 1.165) is 36.2 Å². The summed E-state index contributed by atoms with van der Waals surface area (Å²) in [5, 5.41) is 3.39. The summed E-state index contributed by atoms with van der Waals surface area (Å²) >= 11 is 3.45. The van der Waals surface area contributed by atoms with E-state index in [4.69, 9.17) is 5.73 Å². The number of nitrogens with two attached hydrogens (primary N) is 1. The predicted molar refractivity (Wildman–Crippen MR) is 77.2 cm³/mol. The molecule has 0 amide bonds. The largest absolute Gasteiger partial charge is 0.370 e. The number of nitrogens with one attached hydrogen (secondary N) is 1. The van der Waals surface area contributed by atoms with Gasteiger partial charge in [0, 0.05) is 17.2 Å². The highest BCUT2D eigenvalue weighted by molar-refractivity contribution is 9.10. The maximum Gasteiger partial charge on any atom is 0.126 e. The van der Waals surface area contributed by atoms with Crippen molar-refractivity contribution in [3.63, 3.8) is 0 Å². The Morgan fingerprint density at radius 3 is 2.76 bits per heavy atom. The summed E-state index contributed by atoms with van der Waals surface area (Å²) in [5.41, 5.74) is 6.99. The molecule has 0 aliphatic rings. The average Bonchev–Trinajstić information content (AvgIpc) is 2.28. The van der Waals surface area contributed by atoms with E-state index in [-0.39, 0.29) is 5.41 Å². The number of rotatable bonds is 6. The summed E-state index contributed by atoms with van der Waals surface area (Å²) in [7, 11) is 0. The van der Waals surface area contributed by atoms with Crippen molar-refractivity contribution in [2.45, 2.75) is 33.6 Å². The molecule has 0 saturated carbocycles. The molecule has 0 radical (unpaired) electrons. The monoisotopic (exact) mass is 299 g/mol. The Bertz CT molecular complexity index is 364. The predicted octanol–water partition coefficient (Wildman–Crippen LogP) is 3.33. The van der Waals surface area contributed by atoms with Gasteiger partial charge in [-0.25, -0.2) is 4.98 Å². The van der Waals surface area contributed by atoms with Crippen LogP contribution in [0.5, 0.6) is 0 Å². The lowest BCUT2D eigenvalue weighted by molar-refractivity contribution is 0.350. The lowest BCUT2D eigenvalue weighted by Gasteiger charge is -2.25. The van der Waals surface area contributed by atoms with Crippen molar-refractivity contribution in [2.24, 2.45) is 11.1 Å². The van der Waals surface area contributed by atoms with Gasteiger partial charge in [0.15, 0.2) is 0 Å². The van der Waals surface area contributed by atoms with E-state index in [9.17, 15) is 0 Å². The second-order valence-corrected chi connectivity index (χ2v) is 6.08. The van der Waals surface area contributed by atoms with E-state index >= 15 is 0 Å². The van der Waals surface area contributed by atoms with Crippen LogP contribution in [0.25, 0.3) is 0 Å². The fourth-order valence-corrected chi connectivity index (χ4v) is 1.85. The van der Waals surface area contributed by atoms with Crippen LogP contribution in [-0.4, -0.2) is 18.1 Å². The van der Waals surface area contributed by atoms with Crippen LogP contribution in [-0.2, 0) is 0 Å². The van der Waals surface area contributed by atoms with Crippen LogP contribution in [0.2, 0.25) is 0 Å². The Balaban J connectivity index is 2.51. The molecule has 0 bridgehead atoms. The van der Waals surface area contributed by atoms with Gasteiger partial charge in [0.1, 0.15) is 5.82 Å². The lowest BCUT2D eigenvalue weighted by Crippen LogP contribution is -2.24. The molecule has 1 aromatic heterocycles. The quantitative estimate of drug-likeness (QED) is 0.847.